The molecule has 1 heterocycles. The van der Waals surface area contributed by atoms with Crippen molar-refractivity contribution in [3.63, 3.8) is 0 Å². The first kappa shape index (κ1) is 19.8. The standard InChI is InChI=1S/C21H32N2O4/c1-4-25-18-11-16(12-19(26-5-2)20(18)27-6-3)21(24)22-13-15-9-10-23(14-15)17-7-8-17/h11-12,15,17H,4-10,13-14H2,1-3H3,(H,22,24). The zero-order valence-electron chi connectivity index (χ0n) is 16.8. The molecule has 1 amide bonds. The largest absolute Gasteiger partial charge is 0.490 e. The molecule has 0 bridgehead atoms. The van der Waals surface area contributed by atoms with Crippen LogP contribution in [0.15, 0.2) is 12.1 Å². The zero-order chi connectivity index (χ0) is 19.2. The van der Waals surface area contributed by atoms with E-state index in [9.17, 15) is 4.79 Å². The molecule has 1 aliphatic heterocycles. The molecule has 1 N–H and O–H groups in total. The second kappa shape index (κ2) is 9.31. The minimum Gasteiger partial charge on any atom is -0.490 e. The Labute approximate surface area is 162 Å². The first-order valence-corrected chi connectivity index (χ1v) is 10.2. The van der Waals surface area contributed by atoms with E-state index in [2.05, 4.69) is 10.2 Å². The third-order valence-electron chi connectivity index (χ3n) is 5.10. The Morgan fingerprint density at radius 3 is 2.22 bits per heavy atom. The van der Waals surface area contributed by atoms with Gasteiger partial charge < -0.3 is 24.4 Å². The summed E-state index contributed by atoms with van der Waals surface area (Å²) in [5, 5.41) is 3.09. The lowest BCUT2D eigenvalue weighted by molar-refractivity contribution is 0.0946. The minimum atomic E-state index is -0.0928. The van der Waals surface area contributed by atoms with Crippen LogP contribution in [0.1, 0.15) is 50.4 Å². The van der Waals surface area contributed by atoms with Crippen LogP contribution >= 0.6 is 0 Å². The van der Waals surface area contributed by atoms with Gasteiger partial charge in [0.15, 0.2) is 11.5 Å². The molecule has 3 rings (SSSR count). The van der Waals surface area contributed by atoms with Gasteiger partial charge in [0.2, 0.25) is 5.75 Å². The Morgan fingerprint density at radius 1 is 1.04 bits per heavy atom. The summed E-state index contributed by atoms with van der Waals surface area (Å²) in [6.07, 6.45) is 3.84. The molecule has 27 heavy (non-hydrogen) atoms. The molecule has 1 atom stereocenters. The molecule has 1 aromatic rings. The molecule has 6 nitrogen and oxygen atoms in total. The minimum absolute atomic E-state index is 0.0928. The fourth-order valence-corrected chi connectivity index (χ4v) is 3.66. The van der Waals surface area contributed by atoms with Crippen LogP contribution in [0.2, 0.25) is 0 Å². The number of likely N-dealkylation sites (tertiary alicyclic amines) is 1. The average molecular weight is 376 g/mol. The van der Waals surface area contributed by atoms with Crippen LogP contribution in [-0.2, 0) is 0 Å². The molecular weight excluding hydrogens is 344 g/mol. The second-order valence-electron chi connectivity index (χ2n) is 7.19. The first-order chi connectivity index (χ1) is 13.2. The van der Waals surface area contributed by atoms with E-state index >= 15 is 0 Å². The molecule has 2 fully saturated rings. The third-order valence-corrected chi connectivity index (χ3v) is 5.10. The van der Waals surface area contributed by atoms with Crippen LogP contribution in [0, 0.1) is 5.92 Å². The number of nitrogens with zero attached hydrogens (tertiary/aromatic N) is 1. The van der Waals surface area contributed by atoms with Gasteiger partial charge in [-0.3, -0.25) is 4.79 Å². The Bertz CT molecular complexity index is 618. The smallest absolute Gasteiger partial charge is 0.251 e. The highest BCUT2D eigenvalue weighted by Crippen LogP contribution is 2.39. The normalized spacial score (nSPS) is 19.7. The van der Waals surface area contributed by atoms with Crippen molar-refractivity contribution in [1.82, 2.24) is 10.2 Å². The Kier molecular flexibility index (Phi) is 6.83. The number of rotatable bonds is 10. The maximum atomic E-state index is 12.7. The van der Waals surface area contributed by atoms with Crippen LogP contribution in [0.3, 0.4) is 0 Å². The monoisotopic (exact) mass is 376 g/mol. The van der Waals surface area contributed by atoms with Crippen molar-refractivity contribution >= 4 is 5.91 Å². The highest BCUT2D eigenvalue weighted by molar-refractivity contribution is 5.95. The van der Waals surface area contributed by atoms with Crippen molar-refractivity contribution in [1.29, 1.82) is 0 Å². The topological polar surface area (TPSA) is 60.0 Å². The maximum Gasteiger partial charge on any atom is 0.251 e. The van der Waals surface area contributed by atoms with Gasteiger partial charge >= 0.3 is 0 Å². The van der Waals surface area contributed by atoms with Crippen LogP contribution in [0.5, 0.6) is 17.2 Å². The summed E-state index contributed by atoms with van der Waals surface area (Å²) in [7, 11) is 0. The quantitative estimate of drug-likeness (QED) is 0.680. The van der Waals surface area contributed by atoms with Gasteiger partial charge in [0.1, 0.15) is 0 Å². The van der Waals surface area contributed by atoms with Crippen molar-refractivity contribution in [2.75, 3.05) is 39.5 Å². The van der Waals surface area contributed by atoms with Crippen molar-refractivity contribution < 1.29 is 19.0 Å². The number of carbonyl (C=O) groups is 1. The van der Waals surface area contributed by atoms with Crippen molar-refractivity contribution in [2.24, 2.45) is 5.92 Å². The van der Waals surface area contributed by atoms with E-state index in [1.54, 1.807) is 12.1 Å². The van der Waals surface area contributed by atoms with E-state index in [1.165, 1.54) is 12.8 Å². The van der Waals surface area contributed by atoms with Crippen LogP contribution in [0.4, 0.5) is 0 Å². The molecule has 1 aliphatic carbocycles. The first-order valence-electron chi connectivity index (χ1n) is 10.2. The lowest BCUT2D eigenvalue weighted by Gasteiger charge is -2.18. The lowest BCUT2D eigenvalue weighted by Crippen LogP contribution is -2.31. The van der Waals surface area contributed by atoms with Crippen molar-refractivity contribution in [3.8, 4) is 17.2 Å². The van der Waals surface area contributed by atoms with Gasteiger partial charge in [0.05, 0.1) is 19.8 Å². The molecule has 0 aromatic heterocycles. The van der Waals surface area contributed by atoms with E-state index in [0.29, 0.717) is 55.1 Å². The number of nitrogens with one attached hydrogen (secondary N) is 1. The highest BCUT2D eigenvalue weighted by Gasteiger charge is 2.34. The number of ether oxygens (including phenoxy) is 3. The highest BCUT2D eigenvalue weighted by atomic mass is 16.5. The predicted molar refractivity (Wildman–Crippen MR) is 105 cm³/mol. The summed E-state index contributed by atoms with van der Waals surface area (Å²) in [6.45, 7) is 10.2. The molecule has 1 saturated heterocycles. The molecule has 0 radical (unpaired) electrons. The van der Waals surface area contributed by atoms with Gasteiger partial charge in [-0.05, 0) is 64.6 Å². The van der Waals surface area contributed by atoms with Crippen LogP contribution in [0.25, 0.3) is 0 Å². The zero-order valence-corrected chi connectivity index (χ0v) is 16.8. The Morgan fingerprint density at radius 2 is 1.67 bits per heavy atom. The summed E-state index contributed by atoms with van der Waals surface area (Å²) in [5.41, 5.74) is 0.544. The van der Waals surface area contributed by atoms with Gasteiger partial charge in [0, 0.05) is 24.7 Å². The molecular formula is C21H32N2O4. The third kappa shape index (κ3) is 5.06. The van der Waals surface area contributed by atoms with Crippen molar-refractivity contribution in [2.45, 2.75) is 46.1 Å². The van der Waals surface area contributed by atoms with Gasteiger partial charge in [-0.25, -0.2) is 0 Å². The van der Waals surface area contributed by atoms with Crippen LogP contribution < -0.4 is 19.5 Å². The summed E-state index contributed by atoms with van der Waals surface area (Å²) >= 11 is 0. The number of benzene rings is 1. The number of hydrogen-bond donors (Lipinski definition) is 1. The molecule has 1 aromatic carbocycles. The second-order valence-corrected chi connectivity index (χ2v) is 7.19. The Hall–Kier alpha value is -1.95. The van der Waals surface area contributed by atoms with E-state index in [4.69, 9.17) is 14.2 Å². The molecule has 6 heteroatoms. The van der Waals surface area contributed by atoms with Crippen LogP contribution in [-0.4, -0.2) is 56.3 Å². The summed E-state index contributed by atoms with van der Waals surface area (Å²) in [5.74, 6) is 2.11. The fraction of sp³-hybridized carbons (Fsp3) is 0.667. The maximum absolute atomic E-state index is 12.7. The lowest BCUT2D eigenvalue weighted by atomic mass is 10.1. The molecule has 1 unspecified atom stereocenters. The summed E-state index contributed by atoms with van der Waals surface area (Å²) in [4.78, 5) is 15.3. The number of hydrogen-bond acceptors (Lipinski definition) is 5. The van der Waals surface area contributed by atoms with E-state index < -0.39 is 0 Å². The van der Waals surface area contributed by atoms with Gasteiger partial charge in [0.25, 0.3) is 5.91 Å². The number of carbonyl (C=O) groups excluding carboxylic acids is 1. The molecule has 1 saturated carbocycles. The van der Waals surface area contributed by atoms with Crippen molar-refractivity contribution in [3.05, 3.63) is 17.7 Å². The van der Waals surface area contributed by atoms with Gasteiger partial charge in [-0.1, -0.05) is 0 Å². The molecule has 150 valence electrons. The summed E-state index contributed by atoms with van der Waals surface area (Å²) < 4.78 is 17.1. The fourth-order valence-electron chi connectivity index (χ4n) is 3.66. The predicted octanol–water partition coefficient (Wildman–Crippen LogP) is 3.10. The summed E-state index contributed by atoms with van der Waals surface area (Å²) in [6, 6.07) is 4.30. The van der Waals surface area contributed by atoms with E-state index in [-0.39, 0.29) is 5.91 Å². The van der Waals surface area contributed by atoms with E-state index in [0.717, 1.165) is 25.6 Å². The number of amides is 1. The SMILES string of the molecule is CCOc1cc(C(=O)NCC2CCN(C3CC3)C2)cc(OCC)c1OCC. The Balaban J connectivity index is 1.67. The average Bonchev–Trinajstić information content (AvgIpc) is 3.41. The molecule has 0 spiro atoms. The van der Waals surface area contributed by atoms with E-state index in [1.807, 2.05) is 20.8 Å². The van der Waals surface area contributed by atoms with Gasteiger partial charge in [-0.15, -0.1) is 0 Å². The molecule has 2 aliphatic rings. The van der Waals surface area contributed by atoms with Gasteiger partial charge in [-0.2, -0.15) is 0 Å².